The van der Waals surface area contributed by atoms with Crippen LogP contribution in [-0.2, 0) is 9.59 Å². The molecule has 0 spiro atoms. The average molecular weight is 474 g/mol. The maximum absolute atomic E-state index is 13.5. The number of aryl methyl sites for hydroxylation is 1. The molecule has 2 aliphatic rings. The van der Waals surface area contributed by atoms with Crippen LogP contribution in [-0.4, -0.2) is 80.3 Å². The number of aliphatic carboxylic acids is 1. The fourth-order valence-electron chi connectivity index (χ4n) is 3.66. The van der Waals surface area contributed by atoms with E-state index >= 15 is 0 Å². The summed E-state index contributed by atoms with van der Waals surface area (Å²) in [6, 6.07) is 3.72. The van der Waals surface area contributed by atoms with E-state index in [0.29, 0.717) is 35.0 Å². The molecule has 1 N–H and O–H groups in total. The van der Waals surface area contributed by atoms with Crippen LogP contribution in [0.2, 0.25) is 0 Å². The van der Waals surface area contributed by atoms with E-state index in [2.05, 4.69) is 9.80 Å². The van der Waals surface area contributed by atoms with Gasteiger partial charge in [0.05, 0.1) is 16.9 Å². The number of carbonyl (C=O) groups excluding carboxylic acids is 1. The molecule has 168 valence electrons. The van der Waals surface area contributed by atoms with Gasteiger partial charge >= 0.3 is 5.97 Å². The zero-order valence-electron chi connectivity index (χ0n) is 17.8. The van der Waals surface area contributed by atoms with Crippen molar-refractivity contribution in [2.75, 3.05) is 44.7 Å². The Balaban J connectivity index is 1.80. The van der Waals surface area contributed by atoms with E-state index in [-0.39, 0.29) is 28.8 Å². The van der Waals surface area contributed by atoms with Gasteiger partial charge in [-0.1, -0.05) is 30.0 Å². The van der Waals surface area contributed by atoms with E-state index in [9.17, 15) is 14.4 Å². The van der Waals surface area contributed by atoms with Gasteiger partial charge in [0.1, 0.15) is 15.8 Å². The maximum Gasteiger partial charge on any atom is 0.305 e. The first-order valence-electron chi connectivity index (χ1n) is 10.2. The Morgan fingerprint density at radius 3 is 2.66 bits per heavy atom. The molecule has 2 aromatic rings. The third-order valence-corrected chi connectivity index (χ3v) is 6.86. The summed E-state index contributed by atoms with van der Waals surface area (Å²) < 4.78 is 1.78. The molecule has 4 heterocycles. The van der Waals surface area contributed by atoms with Gasteiger partial charge in [0.25, 0.3) is 11.5 Å². The minimum atomic E-state index is -1.01. The van der Waals surface area contributed by atoms with Gasteiger partial charge in [-0.15, -0.1) is 0 Å². The molecule has 1 amide bonds. The Morgan fingerprint density at radius 2 is 1.97 bits per heavy atom. The molecule has 2 aromatic heterocycles. The van der Waals surface area contributed by atoms with Gasteiger partial charge in [0.15, 0.2) is 0 Å². The van der Waals surface area contributed by atoms with E-state index in [4.69, 9.17) is 22.3 Å². The van der Waals surface area contributed by atoms with Crippen molar-refractivity contribution in [2.45, 2.75) is 13.3 Å². The van der Waals surface area contributed by atoms with Crippen molar-refractivity contribution in [3.63, 3.8) is 0 Å². The molecule has 2 saturated heterocycles. The SMILES string of the molecule is Cc1ccc2nc(N3CCN(C)CC3)c(C=C3SC(=S)N(CCC(=O)O)C3=O)c(=O)n2c1. The lowest BCUT2D eigenvalue weighted by Crippen LogP contribution is -2.45. The number of amides is 1. The zero-order valence-corrected chi connectivity index (χ0v) is 19.4. The molecule has 2 aliphatic heterocycles. The van der Waals surface area contributed by atoms with Gasteiger partial charge in [0, 0.05) is 38.9 Å². The molecule has 32 heavy (non-hydrogen) atoms. The summed E-state index contributed by atoms with van der Waals surface area (Å²) in [6.45, 7) is 5.00. The van der Waals surface area contributed by atoms with Gasteiger partial charge in [-0.3, -0.25) is 23.7 Å². The van der Waals surface area contributed by atoms with Gasteiger partial charge < -0.3 is 14.9 Å². The summed E-state index contributed by atoms with van der Waals surface area (Å²) in [6.07, 6.45) is 3.08. The average Bonchev–Trinajstić information content (AvgIpc) is 3.02. The Bertz CT molecular complexity index is 1200. The topological polar surface area (TPSA) is 98.5 Å². The Hall–Kier alpha value is -2.76. The molecular weight excluding hydrogens is 450 g/mol. The first-order chi connectivity index (χ1) is 15.2. The quantitative estimate of drug-likeness (QED) is 0.511. The Labute approximate surface area is 194 Å². The molecule has 0 bridgehead atoms. The molecule has 0 aromatic carbocycles. The highest BCUT2D eigenvalue weighted by Gasteiger charge is 2.33. The fourth-order valence-corrected chi connectivity index (χ4v) is 4.95. The maximum atomic E-state index is 13.5. The van der Waals surface area contributed by atoms with Crippen LogP contribution in [0.1, 0.15) is 17.5 Å². The van der Waals surface area contributed by atoms with Crippen LogP contribution >= 0.6 is 24.0 Å². The van der Waals surface area contributed by atoms with Crippen LogP contribution < -0.4 is 10.5 Å². The van der Waals surface area contributed by atoms with Crippen molar-refractivity contribution in [1.29, 1.82) is 0 Å². The first kappa shape index (κ1) is 22.4. The number of nitrogens with zero attached hydrogens (tertiary/aromatic N) is 5. The monoisotopic (exact) mass is 473 g/mol. The van der Waals surface area contributed by atoms with Gasteiger partial charge in [0.2, 0.25) is 0 Å². The van der Waals surface area contributed by atoms with E-state index < -0.39 is 5.97 Å². The van der Waals surface area contributed by atoms with Crippen molar-refractivity contribution < 1.29 is 14.7 Å². The lowest BCUT2D eigenvalue weighted by Gasteiger charge is -2.34. The molecule has 0 saturated carbocycles. The van der Waals surface area contributed by atoms with Gasteiger partial charge in [-0.05, 0) is 31.7 Å². The van der Waals surface area contributed by atoms with E-state index in [1.807, 2.05) is 26.1 Å². The third-order valence-electron chi connectivity index (χ3n) is 5.49. The lowest BCUT2D eigenvalue weighted by molar-refractivity contribution is -0.137. The molecule has 2 fully saturated rings. The summed E-state index contributed by atoms with van der Waals surface area (Å²) in [4.78, 5) is 47.9. The predicted molar refractivity (Wildman–Crippen MR) is 128 cm³/mol. The summed E-state index contributed by atoms with van der Waals surface area (Å²) in [5.41, 5.74) is 1.53. The number of rotatable bonds is 5. The largest absolute Gasteiger partial charge is 0.481 e. The number of carbonyl (C=O) groups is 2. The number of thioether (sulfide) groups is 1. The number of hydrogen-bond donors (Lipinski definition) is 1. The van der Waals surface area contributed by atoms with E-state index in [0.717, 1.165) is 30.4 Å². The number of carboxylic acids is 1. The number of carboxylic acid groups (broad SMARTS) is 1. The van der Waals surface area contributed by atoms with E-state index in [1.165, 1.54) is 9.30 Å². The highest BCUT2D eigenvalue weighted by molar-refractivity contribution is 8.26. The lowest BCUT2D eigenvalue weighted by atomic mass is 10.2. The predicted octanol–water partition coefficient (Wildman–Crippen LogP) is 1.43. The normalized spacial score (nSPS) is 18.9. The van der Waals surface area contributed by atoms with Gasteiger partial charge in [-0.2, -0.15) is 0 Å². The second-order valence-corrected chi connectivity index (χ2v) is 9.53. The van der Waals surface area contributed by atoms with Crippen molar-refractivity contribution in [2.24, 2.45) is 0 Å². The number of aromatic nitrogens is 2. The van der Waals surface area contributed by atoms with Crippen molar-refractivity contribution in [3.8, 4) is 0 Å². The minimum absolute atomic E-state index is 0.00317. The molecule has 0 atom stereocenters. The van der Waals surface area contributed by atoms with Crippen LogP contribution in [0.25, 0.3) is 11.7 Å². The van der Waals surface area contributed by atoms with Crippen LogP contribution in [0.15, 0.2) is 28.0 Å². The molecule has 4 rings (SSSR count). The Morgan fingerprint density at radius 1 is 1.25 bits per heavy atom. The van der Waals surface area contributed by atoms with E-state index in [1.54, 1.807) is 12.3 Å². The first-order valence-corrected chi connectivity index (χ1v) is 11.4. The van der Waals surface area contributed by atoms with Crippen LogP contribution in [0, 0.1) is 6.92 Å². The number of piperazine rings is 1. The molecule has 11 heteroatoms. The molecular formula is C21H23N5O4S2. The summed E-state index contributed by atoms with van der Waals surface area (Å²) in [7, 11) is 2.05. The van der Waals surface area contributed by atoms with Crippen molar-refractivity contribution >= 4 is 57.7 Å². The number of thiocarbonyl (C=S) groups is 1. The third kappa shape index (κ3) is 4.41. The number of pyridine rings is 1. The number of fused-ring (bicyclic) bond motifs is 1. The van der Waals surface area contributed by atoms with Crippen molar-refractivity contribution in [3.05, 3.63) is 44.7 Å². The summed E-state index contributed by atoms with van der Waals surface area (Å²) in [5, 5.41) is 8.94. The molecule has 9 nitrogen and oxygen atoms in total. The molecule has 0 aliphatic carbocycles. The fraction of sp³-hybridized carbons (Fsp3) is 0.381. The number of anilines is 1. The smallest absolute Gasteiger partial charge is 0.305 e. The highest BCUT2D eigenvalue weighted by Crippen LogP contribution is 2.33. The highest BCUT2D eigenvalue weighted by atomic mass is 32.2. The Kier molecular flexibility index (Phi) is 6.31. The van der Waals surface area contributed by atoms with Crippen molar-refractivity contribution in [1.82, 2.24) is 19.2 Å². The number of hydrogen-bond acceptors (Lipinski definition) is 8. The molecule has 0 unspecified atom stereocenters. The van der Waals surface area contributed by atoms with Crippen LogP contribution in [0.3, 0.4) is 0 Å². The zero-order chi connectivity index (χ0) is 23.0. The molecule has 0 radical (unpaired) electrons. The van der Waals surface area contributed by atoms with Crippen LogP contribution in [0.4, 0.5) is 5.82 Å². The summed E-state index contributed by atoms with van der Waals surface area (Å²) in [5.74, 6) is -0.852. The van der Waals surface area contributed by atoms with Gasteiger partial charge in [-0.25, -0.2) is 4.98 Å². The second kappa shape index (κ2) is 9.00. The van der Waals surface area contributed by atoms with Crippen LogP contribution in [0.5, 0.6) is 0 Å². The standard InChI is InChI=1S/C21H23N5O4S2/c1-13-3-4-16-22-18(24-9-7-23(2)8-10-24)14(19(29)26(16)12-13)11-15-20(30)25(21(31)32-15)6-5-17(27)28/h3-4,11-12H,5-10H2,1-2H3,(H,27,28). The number of likely N-dealkylation sites (N-methyl/N-ethyl adjacent to an activating group) is 1. The summed E-state index contributed by atoms with van der Waals surface area (Å²) >= 11 is 6.35. The minimum Gasteiger partial charge on any atom is -0.481 e. The second-order valence-electron chi connectivity index (χ2n) is 7.86.